The number of aliphatic carboxylic acids is 1. The third-order valence-corrected chi connectivity index (χ3v) is 4.95. The molecule has 0 aliphatic carbocycles. The summed E-state index contributed by atoms with van der Waals surface area (Å²) in [5, 5.41) is 10.2. The fraction of sp³-hybridized carbons (Fsp3) is 0.429. The first-order valence-corrected chi connectivity index (χ1v) is 9.37. The van der Waals surface area contributed by atoms with Crippen molar-refractivity contribution in [3.63, 3.8) is 0 Å². The molecule has 21 heavy (non-hydrogen) atoms. The van der Waals surface area contributed by atoms with Gasteiger partial charge in [0.2, 0.25) is 0 Å². The van der Waals surface area contributed by atoms with Crippen LogP contribution in [0.2, 0.25) is 5.02 Å². The zero-order valence-electron chi connectivity index (χ0n) is 11.7. The fourth-order valence-electron chi connectivity index (χ4n) is 2.08. The minimum atomic E-state index is -0.841. The summed E-state index contributed by atoms with van der Waals surface area (Å²) in [4.78, 5) is 15.3. The first-order chi connectivity index (χ1) is 10.1. The lowest BCUT2D eigenvalue weighted by molar-refractivity contribution is -0.133. The van der Waals surface area contributed by atoms with Gasteiger partial charge in [0, 0.05) is 6.54 Å². The second kappa shape index (κ2) is 7.96. The molecule has 1 aromatic heterocycles. The number of carbonyl (C=O) groups is 1. The van der Waals surface area contributed by atoms with Crippen LogP contribution in [0.5, 0.6) is 0 Å². The van der Waals surface area contributed by atoms with Crippen LogP contribution < -0.4 is 0 Å². The predicted molar refractivity (Wildman–Crippen MR) is 90.7 cm³/mol. The van der Waals surface area contributed by atoms with Gasteiger partial charge in [-0.2, -0.15) is 11.8 Å². The van der Waals surface area contributed by atoms with Gasteiger partial charge in [-0.05, 0) is 37.0 Å². The number of hydrogen-bond donors (Lipinski definition) is 1. The Morgan fingerprint density at radius 2 is 2.24 bits per heavy atom. The summed E-state index contributed by atoms with van der Waals surface area (Å²) >= 11 is 9.36. The summed E-state index contributed by atoms with van der Waals surface area (Å²) in [6.45, 7) is 0.808. The van der Waals surface area contributed by atoms with E-state index in [2.05, 4.69) is 11.2 Å². The van der Waals surface area contributed by atoms with Crippen molar-refractivity contribution >= 4 is 52.1 Å². The molecule has 2 aromatic rings. The van der Waals surface area contributed by atoms with Gasteiger partial charge in [-0.25, -0.2) is 4.98 Å². The molecule has 0 bridgehead atoms. The van der Waals surface area contributed by atoms with E-state index < -0.39 is 5.97 Å². The number of rotatable bonds is 8. The number of hydrogen-bond acceptors (Lipinski definition) is 4. The number of carboxylic acid groups (broad SMARTS) is 1. The molecular weight excluding hydrogens is 328 g/mol. The molecule has 4 nitrogen and oxygen atoms in total. The maximum atomic E-state index is 10.8. The molecule has 0 spiro atoms. The largest absolute Gasteiger partial charge is 0.481 e. The molecule has 1 aromatic carbocycles. The zero-order valence-corrected chi connectivity index (χ0v) is 14.1. The van der Waals surface area contributed by atoms with E-state index in [0.29, 0.717) is 5.02 Å². The van der Waals surface area contributed by atoms with Gasteiger partial charge in [0.1, 0.15) is 0 Å². The van der Waals surface area contributed by atoms with Crippen LogP contribution in [-0.4, -0.2) is 38.4 Å². The standard InChI is InChI=1S/C14H17ClN2O2S2/c1-20-8-3-2-7-17-13-10(15)5-4-6-11(13)16-14(17)21-9-12(18)19/h4-6H,2-3,7-9H2,1H3,(H,18,19). The number of para-hydroxylation sites is 1. The molecule has 0 radical (unpaired) electrons. The summed E-state index contributed by atoms with van der Waals surface area (Å²) in [6, 6.07) is 5.61. The molecule has 114 valence electrons. The highest BCUT2D eigenvalue weighted by atomic mass is 35.5. The molecule has 0 atom stereocenters. The predicted octanol–water partition coefficient (Wildman–Crippen LogP) is 4.01. The summed E-state index contributed by atoms with van der Waals surface area (Å²) in [7, 11) is 0. The van der Waals surface area contributed by atoms with Gasteiger partial charge >= 0.3 is 5.97 Å². The van der Waals surface area contributed by atoms with Gasteiger partial charge in [0.15, 0.2) is 5.16 Å². The molecular formula is C14H17ClN2O2S2. The Morgan fingerprint density at radius 1 is 1.43 bits per heavy atom. The van der Waals surface area contributed by atoms with Crippen molar-refractivity contribution in [2.75, 3.05) is 17.8 Å². The number of benzene rings is 1. The number of aromatic nitrogens is 2. The van der Waals surface area contributed by atoms with E-state index >= 15 is 0 Å². The lowest BCUT2D eigenvalue weighted by Gasteiger charge is -2.08. The Hall–Kier alpha value is -0.850. The number of aryl methyl sites for hydroxylation is 1. The zero-order chi connectivity index (χ0) is 15.2. The third-order valence-electron chi connectivity index (χ3n) is 2.99. The van der Waals surface area contributed by atoms with E-state index in [1.807, 2.05) is 34.5 Å². The van der Waals surface area contributed by atoms with Crippen LogP contribution >= 0.6 is 35.1 Å². The Morgan fingerprint density at radius 3 is 2.95 bits per heavy atom. The molecule has 2 rings (SSSR count). The highest BCUT2D eigenvalue weighted by Crippen LogP contribution is 2.29. The van der Waals surface area contributed by atoms with Crippen molar-refractivity contribution in [1.82, 2.24) is 9.55 Å². The third kappa shape index (κ3) is 4.31. The van der Waals surface area contributed by atoms with Crippen LogP contribution in [0.4, 0.5) is 0 Å². The van der Waals surface area contributed by atoms with Crippen LogP contribution in [0.25, 0.3) is 11.0 Å². The average Bonchev–Trinajstić information content (AvgIpc) is 2.80. The maximum absolute atomic E-state index is 10.8. The Bertz CT molecular complexity index is 631. The molecule has 0 amide bonds. The van der Waals surface area contributed by atoms with Gasteiger partial charge < -0.3 is 9.67 Å². The number of fused-ring (bicyclic) bond motifs is 1. The van der Waals surface area contributed by atoms with Crippen LogP contribution in [0, 0.1) is 0 Å². The highest BCUT2D eigenvalue weighted by Gasteiger charge is 2.14. The van der Waals surface area contributed by atoms with Gasteiger partial charge in [0.25, 0.3) is 0 Å². The Labute approximate surface area is 137 Å². The van der Waals surface area contributed by atoms with Crippen molar-refractivity contribution in [2.45, 2.75) is 24.5 Å². The van der Waals surface area contributed by atoms with Crippen molar-refractivity contribution in [3.05, 3.63) is 23.2 Å². The minimum absolute atomic E-state index is 0.00571. The minimum Gasteiger partial charge on any atom is -0.481 e. The van der Waals surface area contributed by atoms with Crippen LogP contribution in [-0.2, 0) is 11.3 Å². The normalized spacial score (nSPS) is 11.1. The van der Waals surface area contributed by atoms with Gasteiger partial charge in [-0.3, -0.25) is 4.79 Å². The fourth-order valence-corrected chi connectivity index (χ4v) is 3.60. The van der Waals surface area contributed by atoms with Crippen molar-refractivity contribution in [3.8, 4) is 0 Å². The number of halogens is 1. The molecule has 0 unspecified atom stereocenters. The van der Waals surface area contributed by atoms with E-state index in [9.17, 15) is 4.79 Å². The van der Waals surface area contributed by atoms with Gasteiger partial charge in [0.05, 0.1) is 21.8 Å². The van der Waals surface area contributed by atoms with E-state index in [4.69, 9.17) is 16.7 Å². The highest BCUT2D eigenvalue weighted by molar-refractivity contribution is 7.99. The van der Waals surface area contributed by atoms with Crippen molar-refractivity contribution < 1.29 is 9.90 Å². The van der Waals surface area contributed by atoms with E-state index in [0.717, 1.165) is 41.3 Å². The van der Waals surface area contributed by atoms with Crippen molar-refractivity contribution in [1.29, 1.82) is 0 Å². The summed E-state index contributed by atoms with van der Waals surface area (Å²) in [5.41, 5.74) is 1.72. The molecule has 0 saturated heterocycles. The molecule has 0 aliphatic heterocycles. The maximum Gasteiger partial charge on any atom is 0.313 e. The molecule has 1 heterocycles. The molecule has 0 aliphatic rings. The monoisotopic (exact) mass is 344 g/mol. The van der Waals surface area contributed by atoms with E-state index in [1.54, 1.807) is 0 Å². The van der Waals surface area contributed by atoms with E-state index in [1.165, 1.54) is 11.8 Å². The van der Waals surface area contributed by atoms with Crippen molar-refractivity contribution in [2.24, 2.45) is 0 Å². The summed E-state index contributed by atoms with van der Waals surface area (Å²) < 4.78 is 2.05. The lowest BCUT2D eigenvalue weighted by atomic mass is 10.3. The van der Waals surface area contributed by atoms with E-state index in [-0.39, 0.29) is 5.75 Å². The Balaban J connectivity index is 2.27. The SMILES string of the molecule is CSCCCCn1c(SCC(=O)O)nc2cccc(Cl)c21. The lowest BCUT2D eigenvalue weighted by Crippen LogP contribution is -2.04. The Kier molecular flexibility index (Phi) is 6.26. The molecule has 7 heteroatoms. The van der Waals surface area contributed by atoms with Crippen LogP contribution in [0.3, 0.4) is 0 Å². The number of unbranched alkanes of at least 4 members (excludes halogenated alkanes) is 1. The number of nitrogens with zero attached hydrogens (tertiary/aromatic N) is 2. The van der Waals surface area contributed by atoms with Gasteiger partial charge in [-0.15, -0.1) is 0 Å². The quantitative estimate of drug-likeness (QED) is 0.579. The number of thioether (sulfide) groups is 2. The first kappa shape index (κ1) is 16.5. The molecule has 0 fully saturated rings. The average molecular weight is 345 g/mol. The second-order valence-electron chi connectivity index (χ2n) is 4.54. The number of imidazole rings is 1. The summed E-state index contributed by atoms with van der Waals surface area (Å²) in [6.07, 6.45) is 4.24. The number of carboxylic acids is 1. The first-order valence-electron chi connectivity index (χ1n) is 6.61. The second-order valence-corrected chi connectivity index (χ2v) is 6.87. The van der Waals surface area contributed by atoms with Crippen LogP contribution in [0.1, 0.15) is 12.8 Å². The topological polar surface area (TPSA) is 55.1 Å². The van der Waals surface area contributed by atoms with Crippen LogP contribution in [0.15, 0.2) is 23.4 Å². The molecule has 0 saturated carbocycles. The van der Waals surface area contributed by atoms with Gasteiger partial charge in [-0.1, -0.05) is 29.4 Å². The smallest absolute Gasteiger partial charge is 0.313 e. The molecule has 1 N–H and O–H groups in total. The summed E-state index contributed by atoms with van der Waals surface area (Å²) in [5.74, 6) is 0.288.